The second kappa shape index (κ2) is 5.17. The second-order valence-electron chi connectivity index (χ2n) is 3.94. The van der Waals surface area contributed by atoms with E-state index in [0.29, 0.717) is 5.75 Å². The number of methoxy groups -OCH3 is 1. The Kier molecular flexibility index (Phi) is 3.73. The van der Waals surface area contributed by atoms with Gasteiger partial charge in [0.1, 0.15) is 11.6 Å². The van der Waals surface area contributed by atoms with Crippen molar-refractivity contribution in [1.29, 1.82) is 0 Å². The third-order valence-corrected chi connectivity index (χ3v) is 3.52. The Morgan fingerprint density at radius 1 is 1.40 bits per heavy atom. The molecular weight excluding hydrogens is 287 g/mol. The van der Waals surface area contributed by atoms with Crippen LogP contribution in [0, 0.1) is 5.82 Å². The Labute approximate surface area is 115 Å². The van der Waals surface area contributed by atoms with Crippen LogP contribution < -0.4 is 9.88 Å². The van der Waals surface area contributed by atoms with Crippen molar-refractivity contribution in [2.24, 2.45) is 5.14 Å². The predicted octanol–water partition coefficient (Wildman–Crippen LogP) is 0.760. The van der Waals surface area contributed by atoms with Crippen molar-refractivity contribution in [3.05, 3.63) is 24.0 Å². The van der Waals surface area contributed by atoms with E-state index in [-0.39, 0.29) is 17.9 Å². The highest BCUT2D eigenvalue weighted by Crippen LogP contribution is 2.26. The largest absolute Gasteiger partial charge is 0.497 e. The number of hydrogen-bond acceptors (Lipinski definition) is 5. The van der Waals surface area contributed by atoms with Crippen LogP contribution in [0.5, 0.6) is 5.75 Å². The van der Waals surface area contributed by atoms with E-state index < -0.39 is 21.0 Å². The van der Waals surface area contributed by atoms with E-state index in [9.17, 15) is 12.8 Å². The molecule has 0 aliphatic carbocycles. The lowest BCUT2D eigenvalue weighted by Crippen LogP contribution is -2.18. The Morgan fingerprint density at radius 2 is 2.10 bits per heavy atom. The summed E-state index contributed by atoms with van der Waals surface area (Å²) in [7, 11) is -2.60. The van der Waals surface area contributed by atoms with Gasteiger partial charge in [-0.15, -0.1) is 10.2 Å². The zero-order valence-corrected chi connectivity index (χ0v) is 11.7. The maximum absolute atomic E-state index is 14.0. The number of halogens is 1. The molecule has 0 aliphatic heterocycles. The van der Waals surface area contributed by atoms with Crippen molar-refractivity contribution in [3.8, 4) is 17.1 Å². The summed E-state index contributed by atoms with van der Waals surface area (Å²) in [6.07, 6.45) is 0. The maximum atomic E-state index is 14.0. The van der Waals surface area contributed by atoms with Gasteiger partial charge < -0.3 is 4.74 Å². The van der Waals surface area contributed by atoms with Crippen molar-refractivity contribution in [2.75, 3.05) is 7.11 Å². The highest BCUT2D eigenvalue weighted by atomic mass is 32.2. The molecular formula is C11H13FN4O3S. The van der Waals surface area contributed by atoms with Crippen molar-refractivity contribution >= 4 is 10.0 Å². The topological polar surface area (TPSA) is 100 Å². The number of benzene rings is 1. The normalized spacial score (nSPS) is 11.6. The van der Waals surface area contributed by atoms with Crippen LogP contribution in [0.1, 0.15) is 6.92 Å². The minimum absolute atomic E-state index is 0.0941. The highest BCUT2D eigenvalue weighted by molar-refractivity contribution is 7.89. The van der Waals surface area contributed by atoms with Crippen LogP contribution >= 0.6 is 0 Å². The third kappa shape index (κ3) is 2.49. The number of sulfonamides is 1. The molecule has 0 bridgehead atoms. The number of hydrogen-bond donors (Lipinski definition) is 1. The van der Waals surface area contributed by atoms with Gasteiger partial charge in [-0.25, -0.2) is 17.9 Å². The van der Waals surface area contributed by atoms with Crippen molar-refractivity contribution < 1.29 is 17.5 Å². The molecule has 0 radical (unpaired) electrons. The molecule has 0 spiro atoms. The van der Waals surface area contributed by atoms with Gasteiger partial charge >= 0.3 is 0 Å². The van der Waals surface area contributed by atoms with Gasteiger partial charge in [0.15, 0.2) is 5.82 Å². The zero-order chi connectivity index (χ0) is 14.9. The van der Waals surface area contributed by atoms with Crippen LogP contribution in [-0.4, -0.2) is 30.3 Å². The minimum Gasteiger partial charge on any atom is -0.497 e. The lowest BCUT2D eigenvalue weighted by atomic mass is 10.2. The molecule has 0 atom stereocenters. The Morgan fingerprint density at radius 3 is 2.60 bits per heavy atom. The van der Waals surface area contributed by atoms with Crippen LogP contribution in [-0.2, 0) is 16.6 Å². The average Bonchev–Trinajstić information content (AvgIpc) is 2.81. The van der Waals surface area contributed by atoms with Gasteiger partial charge in [-0.05, 0) is 19.1 Å². The quantitative estimate of drug-likeness (QED) is 0.898. The van der Waals surface area contributed by atoms with Gasteiger partial charge in [-0.3, -0.25) is 4.57 Å². The van der Waals surface area contributed by atoms with Crippen LogP contribution in [0.4, 0.5) is 4.39 Å². The number of primary sulfonamides is 1. The number of ether oxygens (including phenoxy) is 1. The molecule has 7 nitrogen and oxygen atoms in total. The van der Waals surface area contributed by atoms with Crippen LogP contribution in [0.15, 0.2) is 23.4 Å². The lowest BCUT2D eigenvalue weighted by molar-refractivity contribution is 0.411. The summed E-state index contributed by atoms with van der Waals surface area (Å²) in [4.78, 5) is 0. The fourth-order valence-corrected chi connectivity index (χ4v) is 2.47. The second-order valence-corrected chi connectivity index (χ2v) is 5.40. The van der Waals surface area contributed by atoms with Gasteiger partial charge in [-0.2, -0.15) is 0 Å². The molecule has 1 aromatic carbocycles. The third-order valence-electron chi connectivity index (χ3n) is 2.70. The Hall–Kier alpha value is -2.00. The summed E-state index contributed by atoms with van der Waals surface area (Å²) in [5.41, 5.74) is 0.120. The van der Waals surface area contributed by atoms with E-state index in [1.807, 2.05) is 0 Å². The minimum atomic E-state index is -4.02. The van der Waals surface area contributed by atoms with Crippen molar-refractivity contribution in [2.45, 2.75) is 18.6 Å². The first kappa shape index (κ1) is 14.4. The molecule has 0 fully saturated rings. The van der Waals surface area contributed by atoms with Crippen LogP contribution in [0.25, 0.3) is 11.4 Å². The monoisotopic (exact) mass is 300 g/mol. The highest BCUT2D eigenvalue weighted by Gasteiger charge is 2.22. The van der Waals surface area contributed by atoms with E-state index in [4.69, 9.17) is 9.88 Å². The van der Waals surface area contributed by atoms with Gasteiger partial charge in [0, 0.05) is 12.6 Å². The van der Waals surface area contributed by atoms with E-state index in [1.165, 1.54) is 23.8 Å². The molecule has 2 rings (SSSR count). The molecule has 0 saturated carbocycles. The number of nitrogens with two attached hydrogens (primary N) is 1. The molecule has 0 amide bonds. The Balaban J connectivity index is 2.62. The summed E-state index contributed by atoms with van der Waals surface area (Å²) >= 11 is 0. The Bertz CT molecular complexity index is 742. The molecule has 9 heteroatoms. The van der Waals surface area contributed by atoms with E-state index >= 15 is 0 Å². The molecule has 108 valence electrons. The molecule has 0 saturated heterocycles. The first-order valence-electron chi connectivity index (χ1n) is 5.68. The molecule has 1 heterocycles. The summed E-state index contributed by atoms with van der Waals surface area (Å²) in [5, 5.41) is 11.9. The molecule has 1 aromatic heterocycles. The number of aromatic nitrogens is 3. The standard InChI is InChI=1S/C11H13FN4O3S/c1-3-16-10(14-15-11(16)20(13,17)18)8-5-4-7(19-2)6-9(8)12/h4-6H,3H2,1-2H3,(H2,13,17,18). The van der Waals surface area contributed by atoms with Crippen LogP contribution in [0.2, 0.25) is 0 Å². The summed E-state index contributed by atoms with van der Waals surface area (Å²) in [6, 6.07) is 4.17. The van der Waals surface area contributed by atoms with E-state index in [1.54, 1.807) is 13.0 Å². The lowest BCUT2D eigenvalue weighted by Gasteiger charge is -2.08. The van der Waals surface area contributed by atoms with E-state index in [0.717, 1.165) is 0 Å². The van der Waals surface area contributed by atoms with Gasteiger partial charge in [-0.1, -0.05) is 0 Å². The fraction of sp³-hybridized carbons (Fsp3) is 0.273. The number of rotatable bonds is 4. The van der Waals surface area contributed by atoms with Crippen LogP contribution in [0.3, 0.4) is 0 Å². The first-order valence-corrected chi connectivity index (χ1v) is 7.23. The predicted molar refractivity (Wildman–Crippen MR) is 69.0 cm³/mol. The zero-order valence-electron chi connectivity index (χ0n) is 10.9. The van der Waals surface area contributed by atoms with Gasteiger partial charge in [0.2, 0.25) is 0 Å². The van der Waals surface area contributed by atoms with Gasteiger partial charge in [0.25, 0.3) is 15.2 Å². The molecule has 0 unspecified atom stereocenters. The van der Waals surface area contributed by atoms with Crippen molar-refractivity contribution in [1.82, 2.24) is 14.8 Å². The van der Waals surface area contributed by atoms with E-state index in [2.05, 4.69) is 10.2 Å². The number of nitrogens with zero attached hydrogens (tertiary/aromatic N) is 3. The smallest absolute Gasteiger partial charge is 0.273 e. The summed E-state index contributed by atoms with van der Waals surface area (Å²) < 4.78 is 42.9. The molecule has 2 N–H and O–H groups in total. The van der Waals surface area contributed by atoms with Crippen molar-refractivity contribution in [3.63, 3.8) is 0 Å². The molecule has 0 aliphatic rings. The maximum Gasteiger partial charge on any atom is 0.273 e. The average molecular weight is 300 g/mol. The van der Waals surface area contributed by atoms with Gasteiger partial charge in [0.05, 0.1) is 12.7 Å². The molecule has 2 aromatic rings. The summed E-state index contributed by atoms with van der Waals surface area (Å²) in [5.74, 6) is -0.149. The summed E-state index contributed by atoms with van der Waals surface area (Å²) in [6.45, 7) is 1.92. The molecule has 20 heavy (non-hydrogen) atoms. The SMILES string of the molecule is CCn1c(-c2ccc(OC)cc2F)nnc1S(N)(=O)=O. The first-order chi connectivity index (χ1) is 9.38. The fourth-order valence-electron chi connectivity index (χ4n) is 1.79.